The number of carbonyl (C=O) groups excluding carboxylic acids is 1. The Kier molecular flexibility index (Phi) is 4.16. The number of nitrogens with zero attached hydrogens (tertiary/aromatic N) is 2. The van der Waals surface area contributed by atoms with Crippen LogP contribution < -0.4 is 0 Å². The highest BCUT2D eigenvalue weighted by atomic mass is 31.2. The summed E-state index contributed by atoms with van der Waals surface area (Å²) in [7, 11) is -2.74. The van der Waals surface area contributed by atoms with Gasteiger partial charge in [0.2, 0.25) is 0 Å². The Morgan fingerprint density at radius 3 is 2.34 bits per heavy atom. The Labute approximate surface area is 174 Å². The lowest BCUT2D eigenvalue weighted by atomic mass is 9.48. The summed E-state index contributed by atoms with van der Waals surface area (Å²) in [4.78, 5) is 12.6. The molecule has 6 heteroatoms. The molecule has 160 valence electrons. The zero-order valence-corrected chi connectivity index (χ0v) is 18.8. The molecule has 29 heavy (non-hydrogen) atoms. The first-order chi connectivity index (χ1) is 13.8. The first-order valence-corrected chi connectivity index (χ1v) is 13.4. The molecule has 0 spiro atoms. The van der Waals surface area contributed by atoms with Gasteiger partial charge in [0, 0.05) is 38.0 Å². The van der Waals surface area contributed by atoms with Crippen LogP contribution in [0.15, 0.2) is 11.6 Å². The molecule has 5 fully saturated rings. The number of hydrogen-bond acceptors (Lipinski definition) is 3. The predicted octanol–water partition coefficient (Wildman–Crippen LogP) is 4.64. The number of rotatable bonds is 4. The summed E-state index contributed by atoms with van der Waals surface area (Å²) in [5.74, 6) is 2.49. The molecule has 0 radical (unpaired) electrons. The van der Waals surface area contributed by atoms with Crippen molar-refractivity contribution in [2.24, 2.45) is 28.6 Å². The van der Waals surface area contributed by atoms with E-state index in [1.807, 2.05) is 9.34 Å². The molecule has 0 aromatic heterocycles. The largest absolute Gasteiger partial charge is 0.346 e. The van der Waals surface area contributed by atoms with Crippen molar-refractivity contribution in [2.45, 2.75) is 71.3 Å². The summed E-state index contributed by atoms with van der Waals surface area (Å²) in [6.07, 6.45) is 11.0. The monoisotopic (exact) mass is 418 g/mol. The second-order valence-corrected chi connectivity index (χ2v) is 13.4. The van der Waals surface area contributed by atoms with Crippen LogP contribution in [-0.2, 0) is 13.9 Å². The standard InChI is InChI=1S/C23H35N2O3P/c1-22-9-7-17(28-29(27,24-11-12-24)25-13-14-25)15-16(22)3-4-18-19-5-6-21(26)23(19,2)10-8-20(18)22/h3,17-20H,4-15H2,1-2H3/t17-,18+,19+,20+,22-,23-/m0/s1. The van der Waals surface area contributed by atoms with Crippen LogP contribution in [0.4, 0.5) is 0 Å². The maximum atomic E-state index is 13.4. The minimum absolute atomic E-state index is 0.0484. The quantitative estimate of drug-likeness (QED) is 0.378. The van der Waals surface area contributed by atoms with Crippen LogP contribution in [0.2, 0.25) is 0 Å². The molecular weight excluding hydrogens is 383 g/mol. The van der Waals surface area contributed by atoms with E-state index in [0.717, 1.165) is 71.1 Å². The van der Waals surface area contributed by atoms with Crippen LogP contribution in [0.5, 0.6) is 0 Å². The van der Waals surface area contributed by atoms with Crippen LogP contribution in [0, 0.1) is 28.6 Å². The van der Waals surface area contributed by atoms with E-state index >= 15 is 0 Å². The smallest absolute Gasteiger partial charge is 0.302 e. The van der Waals surface area contributed by atoms with Crippen LogP contribution in [0.3, 0.4) is 0 Å². The summed E-state index contributed by atoms with van der Waals surface area (Å²) >= 11 is 0. The molecule has 4 aliphatic carbocycles. The zero-order valence-electron chi connectivity index (χ0n) is 17.9. The number of fused-ring (bicyclic) bond motifs is 5. The van der Waals surface area contributed by atoms with Gasteiger partial charge in [0.1, 0.15) is 5.78 Å². The van der Waals surface area contributed by atoms with Gasteiger partial charge in [-0.2, -0.15) is 0 Å². The van der Waals surface area contributed by atoms with E-state index in [2.05, 4.69) is 19.9 Å². The summed E-state index contributed by atoms with van der Waals surface area (Å²) in [5.41, 5.74) is 1.76. The highest BCUT2D eigenvalue weighted by Gasteiger charge is 2.59. The minimum atomic E-state index is -2.74. The first-order valence-electron chi connectivity index (χ1n) is 11.9. The molecule has 2 aliphatic heterocycles. The van der Waals surface area contributed by atoms with E-state index in [-0.39, 0.29) is 16.9 Å². The second-order valence-electron chi connectivity index (χ2n) is 11.0. The number of Topliss-reactive ketones (excluding diaryl/α,β-unsaturated/α-hetero) is 1. The van der Waals surface area contributed by atoms with Gasteiger partial charge in [-0.25, -0.2) is 9.34 Å². The van der Waals surface area contributed by atoms with Crippen LogP contribution in [0.1, 0.15) is 65.2 Å². The Morgan fingerprint density at radius 2 is 1.66 bits per heavy atom. The lowest BCUT2D eigenvalue weighted by molar-refractivity contribution is -0.131. The van der Waals surface area contributed by atoms with Gasteiger partial charge in [0.15, 0.2) is 0 Å². The summed E-state index contributed by atoms with van der Waals surface area (Å²) in [5, 5.41) is 0. The third-order valence-electron chi connectivity index (χ3n) is 9.62. The fraction of sp³-hybridized carbons (Fsp3) is 0.870. The van der Waals surface area contributed by atoms with Gasteiger partial charge in [-0.3, -0.25) is 9.36 Å². The van der Waals surface area contributed by atoms with Gasteiger partial charge in [-0.15, -0.1) is 0 Å². The number of allylic oxidation sites excluding steroid dienone is 1. The van der Waals surface area contributed by atoms with Crippen LogP contribution in [-0.4, -0.2) is 47.4 Å². The fourth-order valence-electron chi connectivity index (χ4n) is 7.59. The normalized spacial score (nSPS) is 47.2. The van der Waals surface area contributed by atoms with Crippen LogP contribution >= 0.6 is 7.67 Å². The van der Waals surface area contributed by atoms with Crippen molar-refractivity contribution in [3.8, 4) is 0 Å². The molecular formula is C23H35N2O3P. The molecule has 6 rings (SSSR count). The van der Waals surface area contributed by atoms with Gasteiger partial charge < -0.3 is 4.52 Å². The second kappa shape index (κ2) is 6.28. The number of hydrogen-bond donors (Lipinski definition) is 0. The third kappa shape index (κ3) is 2.76. The molecule has 6 aliphatic rings. The maximum absolute atomic E-state index is 13.4. The lowest BCUT2D eigenvalue weighted by Gasteiger charge is -2.57. The van der Waals surface area contributed by atoms with Crippen molar-refractivity contribution in [2.75, 3.05) is 26.2 Å². The number of ketones is 1. The highest BCUT2D eigenvalue weighted by molar-refractivity contribution is 7.54. The minimum Gasteiger partial charge on any atom is -0.302 e. The molecule has 2 saturated heterocycles. The van der Waals surface area contributed by atoms with Crippen molar-refractivity contribution in [1.29, 1.82) is 0 Å². The van der Waals surface area contributed by atoms with E-state index in [1.54, 1.807) is 5.57 Å². The van der Waals surface area contributed by atoms with E-state index in [1.165, 1.54) is 6.42 Å². The molecule has 6 atom stereocenters. The fourth-order valence-corrected chi connectivity index (χ4v) is 9.97. The molecule has 5 nitrogen and oxygen atoms in total. The van der Waals surface area contributed by atoms with Gasteiger partial charge in [-0.05, 0) is 68.1 Å². The van der Waals surface area contributed by atoms with Gasteiger partial charge in [0.25, 0.3) is 0 Å². The van der Waals surface area contributed by atoms with Crippen molar-refractivity contribution >= 4 is 13.5 Å². The molecule has 0 unspecified atom stereocenters. The predicted molar refractivity (Wildman–Crippen MR) is 112 cm³/mol. The average molecular weight is 419 g/mol. The summed E-state index contributed by atoms with van der Waals surface area (Å²) in [6, 6.07) is 0. The Bertz CT molecular complexity index is 803. The van der Waals surface area contributed by atoms with E-state index in [9.17, 15) is 9.36 Å². The van der Waals surface area contributed by atoms with Gasteiger partial charge >= 0.3 is 7.67 Å². The molecule has 2 heterocycles. The number of carbonyl (C=O) groups is 1. The van der Waals surface area contributed by atoms with Crippen molar-refractivity contribution in [1.82, 2.24) is 9.34 Å². The molecule has 0 aromatic rings. The summed E-state index contributed by atoms with van der Waals surface area (Å²) in [6.45, 7) is 8.42. The highest BCUT2D eigenvalue weighted by Crippen LogP contribution is 2.66. The SMILES string of the molecule is C[C@]12CC[C@H](OP(=O)(N3CC3)N3CC3)CC1=CC[C@H]1[C@H]2CC[C@]2(C)C(=O)CC[C@H]12. The molecule has 3 saturated carbocycles. The van der Waals surface area contributed by atoms with Crippen LogP contribution in [0.25, 0.3) is 0 Å². The first kappa shape index (κ1) is 19.2. The third-order valence-corrected chi connectivity index (χ3v) is 12.4. The molecule has 0 bridgehead atoms. The molecule has 0 aromatic carbocycles. The van der Waals surface area contributed by atoms with Crippen molar-refractivity contribution in [3.05, 3.63) is 11.6 Å². The lowest BCUT2D eigenvalue weighted by Crippen LogP contribution is -2.50. The maximum Gasteiger partial charge on any atom is 0.346 e. The van der Waals surface area contributed by atoms with E-state index in [4.69, 9.17) is 4.52 Å². The zero-order chi connectivity index (χ0) is 20.0. The summed E-state index contributed by atoms with van der Waals surface area (Å²) < 4.78 is 23.9. The topological polar surface area (TPSA) is 49.4 Å². The van der Waals surface area contributed by atoms with Gasteiger partial charge in [-0.1, -0.05) is 25.5 Å². The van der Waals surface area contributed by atoms with Gasteiger partial charge in [0.05, 0.1) is 6.10 Å². The Balaban J connectivity index is 1.22. The van der Waals surface area contributed by atoms with Crippen molar-refractivity contribution in [3.63, 3.8) is 0 Å². The average Bonchev–Trinajstić information content (AvgIpc) is 3.59. The van der Waals surface area contributed by atoms with Crippen molar-refractivity contribution < 1.29 is 13.9 Å². The van der Waals surface area contributed by atoms with E-state index < -0.39 is 7.67 Å². The van der Waals surface area contributed by atoms with E-state index in [0.29, 0.717) is 23.5 Å². The Morgan fingerprint density at radius 1 is 1.00 bits per heavy atom. The Hall–Kier alpha value is -0.480. The molecule has 0 N–H and O–H groups in total. The molecule has 0 amide bonds.